The van der Waals surface area contributed by atoms with E-state index in [-0.39, 0.29) is 0 Å². The van der Waals surface area contributed by atoms with E-state index in [1.54, 1.807) is 13.8 Å². The number of carboxylic acid groups (broad SMARTS) is 1. The Bertz CT molecular complexity index is 1110. The number of aliphatic carboxylic acids is 1. The Balaban J connectivity index is 1.40. The predicted molar refractivity (Wildman–Crippen MR) is 129 cm³/mol. The lowest BCUT2D eigenvalue weighted by molar-refractivity contribution is -0.141. The fourth-order valence-corrected chi connectivity index (χ4v) is 6.68. The highest BCUT2D eigenvalue weighted by Crippen LogP contribution is 2.67. The van der Waals surface area contributed by atoms with Gasteiger partial charge in [0, 0.05) is 44.1 Å². The first-order chi connectivity index (χ1) is 15.7. The summed E-state index contributed by atoms with van der Waals surface area (Å²) in [6, 6.07) is 19.3. The molecule has 4 rings (SSSR count). The molecule has 1 aliphatic heterocycles. The zero-order valence-corrected chi connectivity index (χ0v) is 19.8. The van der Waals surface area contributed by atoms with Crippen LogP contribution in [0.3, 0.4) is 0 Å². The van der Waals surface area contributed by atoms with Gasteiger partial charge in [0.15, 0.2) is 0 Å². The zero-order chi connectivity index (χ0) is 23.7. The van der Waals surface area contributed by atoms with Gasteiger partial charge < -0.3 is 5.11 Å². The molecular weight excluding hydrogens is 438 g/mol. The van der Waals surface area contributed by atoms with E-state index in [0.717, 1.165) is 17.7 Å². The van der Waals surface area contributed by atoms with Crippen LogP contribution in [-0.4, -0.2) is 67.0 Å². The molecule has 0 bridgehead atoms. The quantitative estimate of drug-likeness (QED) is 0.621. The molecule has 2 aromatic rings. The van der Waals surface area contributed by atoms with Crippen molar-refractivity contribution in [1.82, 2.24) is 13.9 Å². The second-order valence-electron chi connectivity index (χ2n) is 9.30. The molecule has 0 spiro atoms. The number of nitrogens with zero attached hydrogens (tertiary/aromatic N) is 2. The van der Waals surface area contributed by atoms with Crippen LogP contribution in [0.2, 0.25) is 0 Å². The molecule has 2 atom stereocenters. The summed E-state index contributed by atoms with van der Waals surface area (Å²) < 4.78 is 30.4. The number of nitrogens with one attached hydrogen (secondary N) is 1. The summed E-state index contributed by atoms with van der Waals surface area (Å²) in [5.41, 5.74) is -0.371. The lowest BCUT2D eigenvalue weighted by atomic mass is 10.0. The highest BCUT2D eigenvalue weighted by atomic mass is 32.2. The predicted octanol–water partition coefficient (Wildman–Crippen LogP) is 2.80. The van der Waals surface area contributed by atoms with Gasteiger partial charge in [-0.2, -0.15) is 17.4 Å². The SMILES string of the molecule is CC1(C)[C@H](c2ccccc2)[C@]1(NS(=O)(=O)N1CCN(C/C=C/c2ccccc2)CC1)C(=O)O. The van der Waals surface area contributed by atoms with Gasteiger partial charge in [-0.25, -0.2) is 0 Å². The summed E-state index contributed by atoms with van der Waals surface area (Å²) in [6.45, 7) is 6.16. The first-order valence-electron chi connectivity index (χ1n) is 11.2. The van der Waals surface area contributed by atoms with E-state index in [4.69, 9.17) is 0 Å². The summed E-state index contributed by atoms with van der Waals surface area (Å²) in [6.07, 6.45) is 4.13. The Morgan fingerprint density at radius 2 is 1.61 bits per heavy atom. The van der Waals surface area contributed by atoms with Crippen LogP contribution in [0.4, 0.5) is 0 Å². The zero-order valence-electron chi connectivity index (χ0n) is 19.0. The highest BCUT2D eigenvalue weighted by molar-refractivity contribution is 7.87. The maximum Gasteiger partial charge on any atom is 0.326 e. The molecule has 7 nitrogen and oxygen atoms in total. The van der Waals surface area contributed by atoms with Gasteiger partial charge in [-0.15, -0.1) is 0 Å². The Labute approximate surface area is 195 Å². The van der Waals surface area contributed by atoms with Crippen LogP contribution in [0.1, 0.15) is 30.9 Å². The highest BCUT2D eigenvalue weighted by Gasteiger charge is 2.78. The molecule has 176 valence electrons. The van der Waals surface area contributed by atoms with Gasteiger partial charge in [0.2, 0.25) is 0 Å². The van der Waals surface area contributed by atoms with Gasteiger partial charge in [0.05, 0.1) is 0 Å². The maximum absolute atomic E-state index is 13.2. The van der Waals surface area contributed by atoms with Crippen molar-refractivity contribution in [3.63, 3.8) is 0 Å². The van der Waals surface area contributed by atoms with E-state index in [1.165, 1.54) is 4.31 Å². The van der Waals surface area contributed by atoms with Crippen molar-refractivity contribution in [1.29, 1.82) is 0 Å². The Morgan fingerprint density at radius 1 is 1.03 bits per heavy atom. The molecule has 2 N–H and O–H groups in total. The topological polar surface area (TPSA) is 90.0 Å². The fourth-order valence-electron chi connectivity index (χ4n) is 5.03. The molecule has 0 amide bonds. The number of piperazine rings is 1. The molecule has 1 saturated heterocycles. The number of hydrogen-bond donors (Lipinski definition) is 2. The van der Waals surface area contributed by atoms with E-state index < -0.39 is 33.1 Å². The minimum Gasteiger partial charge on any atom is -0.480 e. The van der Waals surface area contributed by atoms with Crippen molar-refractivity contribution in [2.24, 2.45) is 5.41 Å². The first-order valence-corrected chi connectivity index (χ1v) is 12.6. The summed E-state index contributed by atoms with van der Waals surface area (Å²) in [5, 5.41) is 10.1. The van der Waals surface area contributed by atoms with Crippen molar-refractivity contribution in [2.45, 2.75) is 25.3 Å². The van der Waals surface area contributed by atoms with Gasteiger partial charge in [-0.1, -0.05) is 86.7 Å². The van der Waals surface area contributed by atoms with Crippen LogP contribution >= 0.6 is 0 Å². The number of hydrogen-bond acceptors (Lipinski definition) is 4. The summed E-state index contributed by atoms with van der Waals surface area (Å²) in [7, 11) is -3.96. The summed E-state index contributed by atoms with van der Waals surface area (Å²) in [5.74, 6) is -1.59. The number of carboxylic acids is 1. The Hall–Kier alpha value is -2.52. The Kier molecular flexibility index (Phi) is 6.46. The second kappa shape index (κ2) is 9.02. The molecule has 1 aliphatic carbocycles. The van der Waals surface area contributed by atoms with Crippen LogP contribution in [0.25, 0.3) is 6.08 Å². The molecule has 1 saturated carbocycles. The fraction of sp³-hybridized carbons (Fsp3) is 0.400. The first kappa shape index (κ1) is 23.6. The second-order valence-corrected chi connectivity index (χ2v) is 11.0. The number of rotatable bonds is 8. The van der Waals surface area contributed by atoms with Gasteiger partial charge in [-0.3, -0.25) is 9.69 Å². The van der Waals surface area contributed by atoms with Crippen molar-refractivity contribution in [2.75, 3.05) is 32.7 Å². The van der Waals surface area contributed by atoms with Gasteiger partial charge in [-0.05, 0) is 11.1 Å². The third kappa shape index (κ3) is 4.48. The molecule has 2 aliphatic rings. The molecule has 0 aromatic heterocycles. The lowest BCUT2D eigenvalue weighted by Crippen LogP contribution is -2.57. The van der Waals surface area contributed by atoms with Crippen LogP contribution < -0.4 is 4.72 Å². The number of benzene rings is 2. The summed E-state index contributed by atoms with van der Waals surface area (Å²) in [4.78, 5) is 14.6. The van der Waals surface area contributed by atoms with Crippen molar-refractivity contribution in [3.05, 3.63) is 77.9 Å². The molecule has 2 fully saturated rings. The smallest absolute Gasteiger partial charge is 0.326 e. The minimum absolute atomic E-state index is 0.320. The van der Waals surface area contributed by atoms with Crippen molar-refractivity contribution in [3.8, 4) is 0 Å². The van der Waals surface area contributed by atoms with E-state index in [0.29, 0.717) is 26.2 Å². The minimum atomic E-state index is -3.96. The van der Waals surface area contributed by atoms with E-state index in [1.807, 2.05) is 60.7 Å². The molecule has 2 aromatic carbocycles. The van der Waals surface area contributed by atoms with Crippen molar-refractivity contribution < 1.29 is 18.3 Å². The van der Waals surface area contributed by atoms with Crippen molar-refractivity contribution >= 4 is 22.3 Å². The van der Waals surface area contributed by atoms with Crippen LogP contribution in [0.5, 0.6) is 0 Å². The van der Waals surface area contributed by atoms with Gasteiger partial charge in [0.25, 0.3) is 10.2 Å². The third-order valence-electron chi connectivity index (χ3n) is 6.99. The lowest BCUT2D eigenvalue weighted by Gasteiger charge is -2.34. The molecule has 0 radical (unpaired) electrons. The van der Waals surface area contributed by atoms with Crippen LogP contribution in [-0.2, 0) is 15.0 Å². The molecule has 33 heavy (non-hydrogen) atoms. The number of carbonyl (C=O) groups is 1. The Morgan fingerprint density at radius 3 is 2.18 bits per heavy atom. The van der Waals surface area contributed by atoms with Gasteiger partial charge >= 0.3 is 5.97 Å². The van der Waals surface area contributed by atoms with E-state index in [9.17, 15) is 18.3 Å². The monoisotopic (exact) mass is 469 g/mol. The maximum atomic E-state index is 13.2. The molecule has 8 heteroatoms. The van der Waals surface area contributed by atoms with E-state index in [2.05, 4.69) is 21.8 Å². The van der Waals surface area contributed by atoms with Gasteiger partial charge in [0.1, 0.15) is 5.54 Å². The molecule has 1 heterocycles. The average Bonchev–Trinajstić information content (AvgIpc) is 3.30. The average molecular weight is 470 g/mol. The van der Waals surface area contributed by atoms with Crippen LogP contribution in [0.15, 0.2) is 66.7 Å². The summed E-state index contributed by atoms with van der Waals surface area (Å²) >= 11 is 0. The van der Waals surface area contributed by atoms with Crippen LogP contribution in [0, 0.1) is 5.41 Å². The third-order valence-corrected chi connectivity index (χ3v) is 8.62. The van der Waals surface area contributed by atoms with E-state index >= 15 is 0 Å². The largest absolute Gasteiger partial charge is 0.480 e. The normalized spacial score (nSPS) is 25.8. The molecular formula is C25H31N3O4S. The standard InChI is InChI=1S/C25H31N3O4S/c1-24(2)22(21-13-7-4-8-14-21)25(24,23(29)30)26-33(31,32)28-18-16-27(17-19-28)15-9-12-20-10-5-3-6-11-20/h3-14,22,26H,15-19H2,1-2H3,(H,29,30)/b12-9+/t22-,25-/m0/s1. The molecule has 0 unspecified atom stereocenters.